The molecule has 8 nitrogen and oxygen atoms in total. The van der Waals surface area contributed by atoms with Crippen LogP contribution in [0.2, 0.25) is 0 Å². The molecule has 144 valence electrons. The van der Waals surface area contributed by atoms with E-state index in [9.17, 15) is 10.1 Å². The second-order valence-electron chi connectivity index (χ2n) is 6.79. The van der Waals surface area contributed by atoms with Crippen LogP contribution in [0.5, 0.6) is 0 Å². The lowest BCUT2D eigenvalue weighted by molar-refractivity contribution is -0.384. The Morgan fingerprint density at radius 1 is 1.04 bits per heavy atom. The molecule has 1 saturated heterocycles. The predicted octanol–water partition coefficient (Wildman–Crippen LogP) is 3.53. The largest absolute Gasteiger partial charge is 0.369 e. The van der Waals surface area contributed by atoms with E-state index in [0.29, 0.717) is 11.7 Å². The van der Waals surface area contributed by atoms with Crippen LogP contribution in [0.4, 0.5) is 11.4 Å². The summed E-state index contributed by atoms with van der Waals surface area (Å²) in [5.41, 5.74) is 2.05. The number of nitro benzene ring substituents is 1. The van der Waals surface area contributed by atoms with E-state index in [-0.39, 0.29) is 16.7 Å². The summed E-state index contributed by atoms with van der Waals surface area (Å²) in [5.74, 6) is 1.22. The Balaban J connectivity index is 1.38. The van der Waals surface area contributed by atoms with E-state index in [1.54, 1.807) is 24.3 Å². The molecular formula is C20H21N5O3. The lowest BCUT2D eigenvalue weighted by Crippen LogP contribution is -2.47. The fourth-order valence-corrected chi connectivity index (χ4v) is 3.42. The van der Waals surface area contributed by atoms with Gasteiger partial charge < -0.3 is 9.42 Å². The number of hydrogen-bond donors (Lipinski definition) is 0. The Labute approximate surface area is 162 Å². The van der Waals surface area contributed by atoms with Crippen LogP contribution < -0.4 is 4.90 Å². The maximum atomic E-state index is 10.8. The van der Waals surface area contributed by atoms with Gasteiger partial charge in [-0.25, -0.2) is 0 Å². The quantitative estimate of drug-likeness (QED) is 0.495. The topological polar surface area (TPSA) is 88.5 Å². The number of non-ortho nitro benzene ring substituents is 1. The molecule has 3 aromatic rings. The molecule has 8 heteroatoms. The van der Waals surface area contributed by atoms with Gasteiger partial charge in [0.2, 0.25) is 11.7 Å². The number of benzene rings is 2. The van der Waals surface area contributed by atoms with E-state index >= 15 is 0 Å². The fourth-order valence-electron chi connectivity index (χ4n) is 3.42. The zero-order valence-corrected chi connectivity index (χ0v) is 15.6. The molecule has 0 saturated carbocycles. The van der Waals surface area contributed by atoms with E-state index in [1.807, 2.05) is 30.3 Å². The number of rotatable bonds is 5. The number of hydrogen-bond acceptors (Lipinski definition) is 7. The minimum absolute atomic E-state index is 0.0315. The molecule has 2 heterocycles. The van der Waals surface area contributed by atoms with E-state index in [2.05, 4.69) is 26.9 Å². The first kappa shape index (κ1) is 18.1. The van der Waals surface area contributed by atoms with Crippen LogP contribution in [0.3, 0.4) is 0 Å². The summed E-state index contributed by atoms with van der Waals surface area (Å²) in [4.78, 5) is 19.5. The second kappa shape index (κ2) is 7.77. The summed E-state index contributed by atoms with van der Waals surface area (Å²) in [5, 5.41) is 14.9. The van der Waals surface area contributed by atoms with Crippen molar-refractivity contribution in [3.8, 4) is 11.4 Å². The van der Waals surface area contributed by atoms with Crippen molar-refractivity contribution in [2.45, 2.75) is 13.0 Å². The molecule has 0 aliphatic carbocycles. The molecule has 1 fully saturated rings. The first-order valence-corrected chi connectivity index (χ1v) is 9.24. The van der Waals surface area contributed by atoms with Crippen molar-refractivity contribution in [2.75, 3.05) is 31.1 Å². The van der Waals surface area contributed by atoms with Gasteiger partial charge in [0.1, 0.15) is 0 Å². The molecule has 1 atom stereocenters. The van der Waals surface area contributed by atoms with Gasteiger partial charge in [0.25, 0.3) is 5.69 Å². The van der Waals surface area contributed by atoms with Crippen molar-refractivity contribution in [2.24, 2.45) is 0 Å². The molecule has 0 bridgehead atoms. The summed E-state index contributed by atoms with van der Waals surface area (Å²) in [6, 6.07) is 16.5. The zero-order valence-electron chi connectivity index (χ0n) is 15.6. The van der Waals surface area contributed by atoms with E-state index in [0.717, 1.165) is 37.4 Å². The number of anilines is 1. The van der Waals surface area contributed by atoms with Crippen LogP contribution in [0.15, 0.2) is 59.1 Å². The molecule has 1 aromatic heterocycles. The van der Waals surface area contributed by atoms with E-state index in [1.165, 1.54) is 0 Å². The van der Waals surface area contributed by atoms with Crippen LogP contribution in [-0.2, 0) is 0 Å². The highest BCUT2D eigenvalue weighted by Crippen LogP contribution is 2.25. The maximum absolute atomic E-state index is 10.8. The van der Waals surface area contributed by atoms with Gasteiger partial charge in [-0.3, -0.25) is 15.0 Å². The maximum Gasteiger partial charge on any atom is 0.269 e. The van der Waals surface area contributed by atoms with Crippen LogP contribution in [0.25, 0.3) is 11.4 Å². The smallest absolute Gasteiger partial charge is 0.269 e. The van der Waals surface area contributed by atoms with Gasteiger partial charge in [0.05, 0.1) is 11.0 Å². The lowest BCUT2D eigenvalue weighted by Gasteiger charge is -2.38. The molecule has 0 spiro atoms. The molecule has 1 unspecified atom stereocenters. The summed E-state index contributed by atoms with van der Waals surface area (Å²) in [7, 11) is 0. The Kier molecular flexibility index (Phi) is 5.03. The minimum Gasteiger partial charge on any atom is -0.369 e. The monoisotopic (exact) mass is 379 g/mol. The lowest BCUT2D eigenvalue weighted by atomic mass is 10.2. The second-order valence-corrected chi connectivity index (χ2v) is 6.79. The van der Waals surface area contributed by atoms with Gasteiger partial charge in [-0.05, 0) is 19.1 Å². The van der Waals surface area contributed by atoms with Crippen molar-refractivity contribution in [3.63, 3.8) is 0 Å². The van der Waals surface area contributed by atoms with Crippen molar-refractivity contribution in [3.05, 3.63) is 70.6 Å². The molecular weight excluding hydrogens is 358 g/mol. The number of nitro groups is 1. The van der Waals surface area contributed by atoms with E-state index < -0.39 is 0 Å². The Hall–Kier alpha value is -3.26. The van der Waals surface area contributed by atoms with Crippen molar-refractivity contribution < 1.29 is 9.45 Å². The first-order chi connectivity index (χ1) is 13.6. The van der Waals surface area contributed by atoms with Crippen molar-refractivity contribution in [1.29, 1.82) is 0 Å². The van der Waals surface area contributed by atoms with Crippen LogP contribution >= 0.6 is 0 Å². The van der Waals surface area contributed by atoms with Crippen molar-refractivity contribution >= 4 is 11.4 Å². The third-order valence-electron chi connectivity index (χ3n) is 5.12. The normalized spacial score (nSPS) is 16.1. The Bertz CT molecular complexity index is 934. The average Bonchev–Trinajstić information content (AvgIpc) is 3.24. The highest BCUT2D eigenvalue weighted by atomic mass is 16.6. The molecule has 0 amide bonds. The number of aromatic nitrogens is 2. The van der Waals surface area contributed by atoms with Gasteiger partial charge in [-0.2, -0.15) is 4.98 Å². The number of nitrogens with zero attached hydrogens (tertiary/aromatic N) is 5. The molecule has 0 N–H and O–H groups in total. The third kappa shape index (κ3) is 3.72. The minimum atomic E-state index is -0.377. The Morgan fingerprint density at radius 3 is 2.36 bits per heavy atom. The van der Waals surface area contributed by atoms with Gasteiger partial charge in [-0.15, -0.1) is 0 Å². The molecule has 1 aliphatic rings. The fraction of sp³-hybridized carbons (Fsp3) is 0.300. The van der Waals surface area contributed by atoms with Gasteiger partial charge in [0.15, 0.2) is 0 Å². The van der Waals surface area contributed by atoms with Crippen molar-refractivity contribution in [1.82, 2.24) is 15.0 Å². The average molecular weight is 379 g/mol. The molecule has 4 rings (SSSR count). The van der Waals surface area contributed by atoms with Gasteiger partial charge >= 0.3 is 0 Å². The zero-order chi connectivity index (χ0) is 19.5. The molecule has 2 aromatic carbocycles. The third-order valence-corrected chi connectivity index (χ3v) is 5.12. The van der Waals surface area contributed by atoms with Crippen LogP contribution in [0.1, 0.15) is 18.9 Å². The van der Waals surface area contributed by atoms with E-state index in [4.69, 9.17) is 4.52 Å². The highest BCUT2D eigenvalue weighted by molar-refractivity contribution is 5.53. The van der Waals surface area contributed by atoms with Crippen LogP contribution in [0, 0.1) is 10.1 Å². The van der Waals surface area contributed by atoms with Crippen LogP contribution in [-0.4, -0.2) is 46.1 Å². The van der Waals surface area contributed by atoms with Gasteiger partial charge in [0, 0.05) is 49.6 Å². The molecule has 1 aliphatic heterocycles. The first-order valence-electron chi connectivity index (χ1n) is 9.24. The summed E-state index contributed by atoms with van der Waals surface area (Å²) in [6.45, 7) is 5.44. The Morgan fingerprint density at radius 2 is 1.71 bits per heavy atom. The summed E-state index contributed by atoms with van der Waals surface area (Å²) in [6.07, 6.45) is 0. The molecule has 0 radical (unpaired) electrons. The summed E-state index contributed by atoms with van der Waals surface area (Å²) < 4.78 is 5.50. The standard InChI is InChI=1S/C20H21N5O3/c1-15(20-21-19(22-28-20)16-5-3-2-4-6-16)23-11-13-24(14-12-23)17-7-9-18(10-8-17)25(26)27/h2-10,15H,11-14H2,1H3. The highest BCUT2D eigenvalue weighted by Gasteiger charge is 2.26. The molecule has 28 heavy (non-hydrogen) atoms. The summed E-state index contributed by atoms with van der Waals surface area (Å²) >= 11 is 0. The number of piperazine rings is 1. The predicted molar refractivity (Wildman–Crippen MR) is 105 cm³/mol. The SMILES string of the molecule is CC(c1nc(-c2ccccc2)no1)N1CCN(c2ccc([N+](=O)[O-])cc2)CC1. The van der Waals surface area contributed by atoms with Gasteiger partial charge in [-0.1, -0.05) is 35.5 Å².